The molecule has 52 heavy (non-hydrogen) atoms. The van der Waals surface area contributed by atoms with Gasteiger partial charge in [-0.25, -0.2) is 0 Å². The molecule has 0 aromatic rings. The van der Waals surface area contributed by atoms with Gasteiger partial charge in [-0.3, -0.25) is 4.79 Å². The lowest BCUT2D eigenvalue weighted by Crippen LogP contribution is -2.60. The van der Waals surface area contributed by atoms with Crippen LogP contribution in [-0.4, -0.2) is 166 Å². The first kappa shape index (κ1) is 40.6. The Morgan fingerprint density at radius 1 is 1.00 bits per heavy atom. The van der Waals surface area contributed by atoms with Gasteiger partial charge in [0.2, 0.25) is 0 Å². The van der Waals surface area contributed by atoms with Gasteiger partial charge >= 0.3 is 5.97 Å². The normalized spacial score (nSPS) is 50.7. The van der Waals surface area contributed by atoms with Crippen molar-refractivity contribution in [1.29, 1.82) is 0 Å². The van der Waals surface area contributed by atoms with Crippen LogP contribution in [0.25, 0.3) is 0 Å². The largest absolute Gasteiger partial charge is 0.459 e. The van der Waals surface area contributed by atoms with E-state index in [1.54, 1.807) is 62.4 Å². The molecule has 3 heterocycles. The van der Waals surface area contributed by atoms with Gasteiger partial charge in [-0.15, -0.1) is 0 Å². The highest BCUT2D eigenvalue weighted by Crippen LogP contribution is 2.40. The van der Waals surface area contributed by atoms with Crippen molar-refractivity contribution < 1.29 is 62.9 Å². The fourth-order valence-corrected chi connectivity index (χ4v) is 8.61. The Kier molecular flexibility index (Phi) is 14.0. The van der Waals surface area contributed by atoms with E-state index in [-0.39, 0.29) is 31.6 Å². The molecule has 14 nitrogen and oxygen atoms in total. The summed E-state index contributed by atoms with van der Waals surface area (Å²) >= 11 is 0. The van der Waals surface area contributed by atoms with Crippen molar-refractivity contribution in [3.8, 4) is 0 Å². The number of carbonyl (C=O) groups excluding carboxylic acids is 1. The molecule has 0 spiro atoms. The first-order chi connectivity index (χ1) is 25.1. The second-order valence-electron chi connectivity index (χ2n) is 16.8. The van der Waals surface area contributed by atoms with Gasteiger partial charge in [0, 0.05) is 42.2 Å². The maximum Gasteiger partial charge on any atom is 0.311 e. The summed E-state index contributed by atoms with van der Waals surface area (Å²) in [6, 6.07) is -1.46. The number of carbonyl (C=O) groups is 1. The Bertz CT molecular complexity index is 1250. The topological polar surface area (TPSA) is 180 Å². The lowest BCUT2D eigenvalue weighted by molar-refractivity contribution is -0.318. The standard InChI is InChI=1S/C38H72N2O12/c1-15-27-38(10,46)31(42)24(6)40(13)19-20(2)17-36(8,45)33(52-35-29(41)26(39(11)12)16-21(3)48-35)22(4)30(23(5)34(44)50-27)51-28-18-37(9,47-14)32(43)25(7)49-28/h20-33,35,41-43,45-46H,15-19H2,1-14H3/t20-,21-,22+,23-,24-,25+,26+,27-,28+,29-,30?,31-,32+,33-,35+,36-,37-,38-/m1/s1/i11D3. The highest BCUT2D eigenvalue weighted by atomic mass is 16.7. The number of methoxy groups -OCH3 is 1. The van der Waals surface area contributed by atoms with E-state index in [1.807, 2.05) is 11.8 Å². The van der Waals surface area contributed by atoms with Crippen molar-refractivity contribution in [3.63, 3.8) is 0 Å². The third-order valence-electron chi connectivity index (χ3n) is 12.0. The quantitative estimate of drug-likeness (QED) is 0.238. The second-order valence-corrected chi connectivity index (χ2v) is 16.8. The highest BCUT2D eigenvalue weighted by Gasteiger charge is 2.52. The third kappa shape index (κ3) is 10.0. The SMILES string of the molecule is [2H]C([2H])([2H])N(C)[C@H]1C[C@@H](C)O[C@@H](O[C@@H]2[C@@H](C)C(O[C@H]3C[C@@](C)(OC)[C@@H](O)[C@H](C)O3)[C@@H](C)C(=O)O[C@H](CC)[C@@](C)(O)[C@H](O)[C@@H](C)N(C)C[C@H](C)C[C@@]2(C)O)[C@@H]1O. The Morgan fingerprint density at radius 3 is 2.21 bits per heavy atom. The van der Waals surface area contributed by atoms with Gasteiger partial charge in [-0.05, 0) is 94.7 Å². The molecule has 306 valence electrons. The van der Waals surface area contributed by atoms with Crippen LogP contribution in [0.3, 0.4) is 0 Å². The van der Waals surface area contributed by atoms with E-state index in [9.17, 15) is 30.3 Å². The molecule has 18 atom stereocenters. The third-order valence-corrected chi connectivity index (χ3v) is 12.0. The number of likely N-dealkylation sites (N-methyl/N-ethyl adjacent to an activating group) is 2. The van der Waals surface area contributed by atoms with Crippen molar-refractivity contribution in [1.82, 2.24) is 9.80 Å². The lowest BCUT2D eigenvalue weighted by Gasteiger charge is -2.48. The fourth-order valence-electron chi connectivity index (χ4n) is 8.61. The molecule has 3 aliphatic rings. The number of aliphatic hydroxyl groups excluding tert-OH is 3. The minimum atomic E-state index is -2.52. The van der Waals surface area contributed by atoms with Crippen LogP contribution in [0.5, 0.6) is 0 Å². The van der Waals surface area contributed by atoms with Crippen molar-refractivity contribution in [2.24, 2.45) is 17.8 Å². The zero-order valence-electron chi connectivity index (χ0n) is 36.7. The molecule has 3 saturated heterocycles. The predicted molar refractivity (Wildman–Crippen MR) is 194 cm³/mol. The van der Waals surface area contributed by atoms with Gasteiger partial charge < -0.3 is 63.8 Å². The average molecular weight is 752 g/mol. The molecular weight excluding hydrogens is 676 g/mol. The summed E-state index contributed by atoms with van der Waals surface area (Å²) < 4.78 is 61.3. The van der Waals surface area contributed by atoms with E-state index in [4.69, 9.17) is 32.5 Å². The first-order valence-electron chi connectivity index (χ1n) is 20.4. The molecule has 3 aliphatic heterocycles. The summed E-state index contributed by atoms with van der Waals surface area (Å²) in [4.78, 5) is 17.2. The minimum absolute atomic E-state index is 0.0761. The number of ether oxygens (including phenoxy) is 6. The zero-order chi connectivity index (χ0) is 42.2. The van der Waals surface area contributed by atoms with E-state index in [0.29, 0.717) is 6.54 Å². The van der Waals surface area contributed by atoms with Crippen molar-refractivity contribution in [2.45, 2.75) is 185 Å². The summed E-state index contributed by atoms with van der Waals surface area (Å²) in [5, 5.41) is 58.3. The molecule has 3 fully saturated rings. The maximum absolute atomic E-state index is 14.2. The predicted octanol–water partition coefficient (Wildman–Crippen LogP) is 1.90. The van der Waals surface area contributed by atoms with Crippen LogP contribution in [0.4, 0.5) is 0 Å². The summed E-state index contributed by atoms with van der Waals surface area (Å²) in [6.45, 7) is 14.9. The summed E-state index contributed by atoms with van der Waals surface area (Å²) in [7, 11) is 4.68. The summed E-state index contributed by atoms with van der Waals surface area (Å²) in [5.41, 5.74) is -4.60. The first-order valence-corrected chi connectivity index (χ1v) is 18.9. The molecule has 0 saturated carbocycles. The van der Waals surface area contributed by atoms with E-state index < -0.39 is 115 Å². The van der Waals surface area contributed by atoms with E-state index in [1.165, 1.54) is 21.1 Å². The van der Waals surface area contributed by atoms with E-state index in [0.717, 1.165) is 4.90 Å². The number of aliphatic hydroxyl groups is 5. The van der Waals surface area contributed by atoms with E-state index in [2.05, 4.69) is 0 Å². The second kappa shape index (κ2) is 17.8. The molecule has 0 aromatic heterocycles. The molecule has 5 N–H and O–H groups in total. The van der Waals surface area contributed by atoms with Crippen LogP contribution in [-0.2, 0) is 33.2 Å². The Morgan fingerprint density at radius 2 is 1.63 bits per heavy atom. The minimum Gasteiger partial charge on any atom is -0.459 e. The van der Waals surface area contributed by atoms with Gasteiger partial charge in [-0.2, -0.15) is 0 Å². The number of esters is 1. The summed E-state index contributed by atoms with van der Waals surface area (Å²) in [6.07, 6.45) is -10.2. The monoisotopic (exact) mass is 752 g/mol. The Hall–Kier alpha value is -1.01. The van der Waals surface area contributed by atoms with Crippen molar-refractivity contribution in [2.75, 3.05) is 34.7 Å². The smallest absolute Gasteiger partial charge is 0.311 e. The van der Waals surface area contributed by atoms with Crippen LogP contribution in [0, 0.1) is 17.8 Å². The van der Waals surface area contributed by atoms with Gasteiger partial charge in [0.25, 0.3) is 0 Å². The van der Waals surface area contributed by atoms with Gasteiger partial charge in [-0.1, -0.05) is 20.8 Å². The van der Waals surface area contributed by atoms with Crippen LogP contribution >= 0.6 is 0 Å². The molecule has 0 aliphatic carbocycles. The van der Waals surface area contributed by atoms with Crippen molar-refractivity contribution >= 4 is 5.97 Å². The van der Waals surface area contributed by atoms with Crippen LogP contribution in [0.1, 0.15) is 99.0 Å². The van der Waals surface area contributed by atoms with Crippen molar-refractivity contribution in [3.05, 3.63) is 0 Å². The van der Waals surface area contributed by atoms with Gasteiger partial charge in [0.1, 0.15) is 30.0 Å². The zero-order valence-corrected chi connectivity index (χ0v) is 33.7. The van der Waals surface area contributed by atoms with Gasteiger partial charge in [0.05, 0.1) is 41.5 Å². The van der Waals surface area contributed by atoms with Crippen LogP contribution in [0.15, 0.2) is 0 Å². The number of hydrogen-bond acceptors (Lipinski definition) is 14. The van der Waals surface area contributed by atoms with E-state index >= 15 is 0 Å². The molecule has 14 heteroatoms. The van der Waals surface area contributed by atoms with Gasteiger partial charge in [0.15, 0.2) is 12.6 Å². The molecule has 1 unspecified atom stereocenters. The number of nitrogens with zero attached hydrogens (tertiary/aromatic N) is 2. The number of hydrogen-bond donors (Lipinski definition) is 5. The molecular formula is C38H72N2O12. The Labute approximate surface area is 316 Å². The molecule has 0 bridgehead atoms. The average Bonchev–Trinajstić information content (AvgIpc) is 3.08. The van der Waals surface area contributed by atoms with Crippen LogP contribution in [0.2, 0.25) is 0 Å². The lowest BCUT2D eigenvalue weighted by atomic mass is 9.77. The maximum atomic E-state index is 14.2. The molecule has 0 aromatic carbocycles. The fraction of sp³-hybridized carbons (Fsp3) is 0.974. The highest BCUT2D eigenvalue weighted by molar-refractivity contribution is 5.73. The molecule has 0 amide bonds. The van der Waals surface area contributed by atoms with Crippen LogP contribution < -0.4 is 0 Å². The molecule has 3 rings (SSSR count). The number of rotatable bonds is 7. The summed E-state index contributed by atoms with van der Waals surface area (Å²) in [5.74, 6) is -2.94. The Balaban J connectivity index is 2.19. The number of cyclic esters (lactones) is 1. The molecule has 0 radical (unpaired) electrons.